The van der Waals surface area contributed by atoms with E-state index in [0.29, 0.717) is 17.2 Å². The average molecular weight is 241 g/mol. The van der Waals surface area contributed by atoms with Gasteiger partial charge in [-0.25, -0.2) is 9.97 Å². The molecule has 0 amide bonds. The summed E-state index contributed by atoms with van der Waals surface area (Å²) in [6, 6.07) is 9.03. The van der Waals surface area contributed by atoms with Crippen molar-refractivity contribution in [3.63, 3.8) is 0 Å². The van der Waals surface area contributed by atoms with Gasteiger partial charge in [0.2, 0.25) is 5.82 Å². The highest BCUT2D eigenvalue weighted by Crippen LogP contribution is 2.31. The molecule has 0 aliphatic rings. The summed E-state index contributed by atoms with van der Waals surface area (Å²) in [5.74, 6) is 1.48. The van der Waals surface area contributed by atoms with E-state index in [9.17, 15) is 0 Å². The van der Waals surface area contributed by atoms with E-state index >= 15 is 0 Å². The minimum absolute atomic E-state index is 0.123. The molecule has 0 aliphatic heterocycles. The van der Waals surface area contributed by atoms with E-state index in [-0.39, 0.29) is 5.82 Å². The summed E-state index contributed by atoms with van der Waals surface area (Å²) in [6.45, 7) is 0. The van der Waals surface area contributed by atoms with Crippen molar-refractivity contribution < 1.29 is 9.47 Å². The van der Waals surface area contributed by atoms with Crippen LogP contribution in [0.25, 0.3) is 11.3 Å². The van der Waals surface area contributed by atoms with Crippen LogP contribution in [0.15, 0.2) is 30.5 Å². The number of methoxy groups -OCH3 is 2. The summed E-state index contributed by atoms with van der Waals surface area (Å²) in [6.07, 6.45) is 1.54. The maximum atomic E-state index is 8.81. The van der Waals surface area contributed by atoms with Gasteiger partial charge in [0.1, 0.15) is 17.6 Å². The van der Waals surface area contributed by atoms with Crippen LogP contribution >= 0.6 is 0 Å². The molecule has 0 radical (unpaired) electrons. The first kappa shape index (κ1) is 11.9. The Morgan fingerprint density at radius 3 is 2.67 bits per heavy atom. The summed E-state index contributed by atoms with van der Waals surface area (Å²) in [5.41, 5.74) is 1.38. The van der Waals surface area contributed by atoms with E-state index in [0.717, 1.165) is 5.56 Å². The normalized spacial score (nSPS) is 9.61. The van der Waals surface area contributed by atoms with Crippen LogP contribution in [0.1, 0.15) is 5.82 Å². The van der Waals surface area contributed by atoms with Gasteiger partial charge in [-0.3, -0.25) is 0 Å². The predicted octanol–water partition coefficient (Wildman–Crippen LogP) is 2.03. The Bertz CT molecular complexity index is 605. The predicted molar refractivity (Wildman–Crippen MR) is 65.3 cm³/mol. The minimum Gasteiger partial charge on any atom is -0.497 e. The van der Waals surface area contributed by atoms with E-state index in [1.54, 1.807) is 38.6 Å². The fourth-order valence-corrected chi connectivity index (χ4v) is 1.58. The molecule has 2 rings (SSSR count). The van der Waals surface area contributed by atoms with Gasteiger partial charge in [-0.2, -0.15) is 5.26 Å². The Balaban J connectivity index is 2.57. The van der Waals surface area contributed by atoms with Crippen LogP contribution in [0.4, 0.5) is 0 Å². The molecule has 0 bridgehead atoms. The number of hydrogen-bond acceptors (Lipinski definition) is 5. The fourth-order valence-electron chi connectivity index (χ4n) is 1.58. The molecule has 1 aromatic heterocycles. The first-order valence-electron chi connectivity index (χ1n) is 5.24. The van der Waals surface area contributed by atoms with Gasteiger partial charge >= 0.3 is 0 Å². The molecule has 90 valence electrons. The molecule has 1 aromatic carbocycles. The van der Waals surface area contributed by atoms with Gasteiger partial charge in [-0.15, -0.1) is 0 Å². The Kier molecular flexibility index (Phi) is 3.39. The van der Waals surface area contributed by atoms with Crippen molar-refractivity contribution in [2.24, 2.45) is 0 Å². The van der Waals surface area contributed by atoms with Crippen LogP contribution in [-0.4, -0.2) is 24.2 Å². The Morgan fingerprint density at radius 1 is 1.17 bits per heavy atom. The largest absolute Gasteiger partial charge is 0.497 e. The highest BCUT2D eigenvalue weighted by molar-refractivity contribution is 5.69. The van der Waals surface area contributed by atoms with Crippen molar-refractivity contribution in [2.75, 3.05) is 14.2 Å². The monoisotopic (exact) mass is 241 g/mol. The van der Waals surface area contributed by atoms with E-state index in [2.05, 4.69) is 9.97 Å². The molecule has 1 heterocycles. The van der Waals surface area contributed by atoms with Crippen LogP contribution in [0.3, 0.4) is 0 Å². The molecule has 5 nitrogen and oxygen atoms in total. The summed E-state index contributed by atoms with van der Waals surface area (Å²) >= 11 is 0. The van der Waals surface area contributed by atoms with E-state index in [4.69, 9.17) is 14.7 Å². The topological polar surface area (TPSA) is 68.0 Å². The lowest BCUT2D eigenvalue weighted by Crippen LogP contribution is -1.95. The number of hydrogen-bond donors (Lipinski definition) is 0. The van der Waals surface area contributed by atoms with Crippen LogP contribution in [0, 0.1) is 11.3 Å². The lowest BCUT2D eigenvalue weighted by molar-refractivity contribution is 0.404. The first-order valence-corrected chi connectivity index (χ1v) is 5.24. The fraction of sp³-hybridized carbons (Fsp3) is 0.154. The second kappa shape index (κ2) is 5.15. The van der Waals surface area contributed by atoms with Crippen LogP contribution in [0.5, 0.6) is 11.5 Å². The zero-order valence-electron chi connectivity index (χ0n) is 10.0. The summed E-state index contributed by atoms with van der Waals surface area (Å²) in [4.78, 5) is 7.97. The molecule has 0 spiro atoms. The molecule has 0 atom stereocenters. The van der Waals surface area contributed by atoms with Gasteiger partial charge in [0, 0.05) is 11.8 Å². The third kappa shape index (κ3) is 2.23. The molecule has 0 aliphatic carbocycles. The third-order valence-corrected chi connectivity index (χ3v) is 2.44. The molecule has 18 heavy (non-hydrogen) atoms. The summed E-state index contributed by atoms with van der Waals surface area (Å²) in [5, 5.41) is 8.81. The van der Waals surface area contributed by atoms with Crippen molar-refractivity contribution >= 4 is 0 Å². The molecule has 5 heteroatoms. The molecule has 0 fully saturated rings. The van der Waals surface area contributed by atoms with Gasteiger partial charge in [-0.1, -0.05) is 0 Å². The van der Waals surface area contributed by atoms with E-state index in [1.165, 1.54) is 0 Å². The van der Waals surface area contributed by atoms with Crippen molar-refractivity contribution in [2.45, 2.75) is 0 Å². The number of nitrogens with zero attached hydrogens (tertiary/aromatic N) is 3. The molecular formula is C13H11N3O2. The molecule has 0 N–H and O–H groups in total. The van der Waals surface area contributed by atoms with E-state index < -0.39 is 0 Å². The van der Waals surface area contributed by atoms with E-state index in [1.807, 2.05) is 12.1 Å². The molecule has 2 aromatic rings. The molecule has 0 unspecified atom stereocenters. The molecule has 0 saturated carbocycles. The minimum atomic E-state index is 0.123. The van der Waals surface area contributed by atoms with Crippen LogP contribution < -0.4 is 9.47 Å². The number of rotatable bonds is 3. The van der Waals surface area contributed by atoms with Crippen molar-refractivity contribution in [3.05, 3.63) is 36.3 Å². The second-order valence-electron chi connectivity index (χ2n) is 3.44. The Morgan fingerprint density at radius 2 is 2.00 bits per heavy atom. The molecular weight excluding hydrogens is 230 g/mol. The smallest absolute Gasteiger partial charge is 0.232 e. The lowest BCUT2D eigenvalue weighted by atomic mass is 10.1. The number of benzene rings is 1. The lowest BCUT2D eigenvalue weighted by Gasteiger charge is -2.09. The zero-order chi connectivity index (χ0) is 13.0. The van der Waals surface area contributed by atoms with Gasteiger partial charge < -0.3 is 9.47 Å². The van der Waals surface area contributed by atoms with Crippen molar-refractivity contribution in [3.8, 4) is 28.8 Å². The standard InChI is InChI=1S/C13H11N3O2/c1-17-9-3-4-12(18-2)10(7-9)11-5-6-15-13(8-14)16-11/h3-7H,1-2H3. The Labute approximate surface area is 105 Å². The van der Waals surface area contributed by atoms with Gasteiger partial charge in [0.05, 0.1) is 19.9 Å². The van der Waals surface area contributed by atoms with Crippen LogP contribution in [-0.2, 0) is 0 Å². The average Bonchev–Trinajstić information content (AvgIpc) is 2.46. The summed E-state index contributed by atoms with van der Waals surface area (Å²) in [7, 11) is 3.17. The van der Waals surface area contributed by atoms with Gasteiger partial charge in [0.15, 0.2) is 0 Å². The number of ether oxygens (including phenoxy) is 2. The zero-order valence-corrected chi connectivity index (χ0v) is 10.0. The van der Waals surface area contributed by atoms with Crippen molar-refractivity contribution in [1.29, 1.82) is 5.26 Å². The Hall–Kier alpha value is -2.61. The highest BCUT2D eigenvalue weighted by atomic mass is 16.5. The highest BCUT2D eigenvalue weighted by Gasteiger charge is 2.09. The maximum Gasteiger partial charge on any atom is 0.232 e. The van der Waals surface area contributed by atoms with Gasteiger partial charge in [0.25, 0.3) is 0 Å². The summed E-state index contributed by atoms with van der Waals surface area (Å²) < 4.78 is 10.4. The SMILES string of the molecule is COc1ccc(OC)c(-c2ccnc(C#N)n2)c1. The quantitative estimate of drug-likeness (QED) is 0.822. The second-order valence-corrected chi connectivity index (χ2v) is 3.44. The van der Waals surface area contributed by atoms with Gasteiger partial charge in [-0.05, 0) is 24.3 Å². The first-order chi connectivity index (χ1) is 8.78. The number of aromatic nitrogens is 2. The number of nitriles is 1. The third-order valence-electron chi connectivity index (χ3n) is 2.44. The van der Waals surface area contributed by atoms with Crippen molar-refractivity contribution in [1.82, 2.24) is 9.97 Å². The van der Waals surface area contributed by atoms with Crippen LogP contribution in [0.2, 0.25) is 0 Å². The molecule has 0 saturated heterocycles. The maximum absolute atomic E-state index is 8.81.